The number of ether oxygens (including phenoxy) is 1. The summed E-state index contributed by atoms with van der Waals surface area (Å²) in [4.78, 5) is 17.7. The van der Waals surface area contributed by atoms with Gasteiger partial charge in [-0.05, 0) is 50.8 Å². The highest BCUT2D eigenvalue weighted by atomic mass is 35.5. The van der Waals surface area contributed by atoms with Crippen molar-refractivity contribution in [2.45, 2.75) is 62.1 Å². The lowest BCUT2D eigenvalue weighted by atomic mass is 9.89. The second-order valence-electron chi connectivity index (χ2n) is 12.8. The maximum absolute atomic E-state index is 16.3. The van der Waals surface area contributed by atoms with Crippen LogP contribution in [0.1, 0.15) is 38.5 Å². The number of nitrogens with zero attached hydrogens (tertiary/aromatic N) is 5. The molecule has 4 aliphatic heterocycles. The molecule has 3 aromatic rings. The molecule has 0 unspecified atom stereocenters. The van der Waals surface area contributed by atoms with Crippen LogP contribution >= 0.6 is 11.6 Å². The Bertz CT molecular complexity index is 1610. The second-order valence-corrected chi connectivity index (χ2v) is 13.2. The average Bonchev–Trinajstić information content (AvgIpc) is 3.28. The number of aromatic nitrogens is 3. The van der Waals surface area contributed by atoms with Crippen molar-refractivity contribution in [1.29, 1.82) is 0 Å². The van der Waals surface area contributed by atoms with Crippen LogP contribution in [-0.4, -0.2) is 76.2 Å². The lowest BCUT2D eigenvalue weighted by Crippen LogP contribution is -2.51. The Morgan fingerprint density at radius 2 is 1.86 bits per heavy atom. The van der Waals surface area contributed by atoms with E-state index in [1.54, 1.807) is 0 Å². The second kappa shape index (κ2) is 9.03. The molecule has 5 aliphatic rings. The van der Waals surface area contributed by atoms with E-state index in [2.05, 4.69) is 25.1 Å². The number of rotatable bonds is 5. The van der Waals surface area contributed by atoms with Crippen LogP contribution in [0.5, 0.6) is 6.01 Å². The Morgan fingerprint density at radius 3 is 2.60 bits per heavy atom. The van der Waals surface area contributed by atoms with E-state index in [9.17, 15) is 8.78 Å². The van der Waals surface area contributed by atoms with E-state index in [4.69, 9.17) is 27.1 Å². The third-order valence-electron chi connectivity index (χ3n) is 10.0. The zero-order chi connectivity index (χ0) is 29.0. The molecule has 1 saturated carbocycles. The summed E-state index contributed by atoms with van der Waals surface area (Å²) in [5, 5.41) is 3.71. The molecular formula is C29H30ClF4N7O. The fourth-order valence-corrected chi connectivity index (χ4v) is 8.15. The van der Waals surface area contributed by atoms with Gasteiger partial charge >= 0.3 is 6.01 Å². The van der Waals surface area contributed by atoms with Gasteiger partial charge in [0.2, 0.25) is 0 Å². The molecule has 1 aromatic carbocycles. The summed E-state index contributed by atoms with van der Waals surface area (Å²) in [7, 11) is 0. The van der Waals surface area contributed by atoms with Gasteiger partial charge in [0, 0.05) is 55.6 Å². The molecule has 5 fully saturated rings. The molecule has 222 valence electrons. The quantitative estimate of drug-likeness (QED) is 0.318. The van der Waals surface area contributed by atoms with Gasteiger partial charge < -0.3 is 20.7 Å². The highest BCUT2D eigenvalue weighted by Crippen LogP contribution is 2.69. The van der Waals surface area contributed by atoms with Crippen molar-refractivity contribution >= 4 is 34.0 Å². The summed E-state index contributed by atoms with van der Waals surface area (Å²) in [5.74, 6) is -3.86. The van der Waals surface area contributed by atoms with Crippen molar-refractivity contribution in [2.24, 2.45) is 5.41 Å². The van der Waals surface area contributed by atoms with Crippen molar-refractivity contribution in [1.82, 2.24) is 25.2 Å². The van der Waals surface area contributed by atoms with Crippen LogP contribution in [0.3, 0.4) is 0 Å². The Balaban J connectivity index is 1.20. The molecule has 8 rings (SSSR count). The number of fused-ring (bicyclic) bond motifs is 4. The molecule has 13 heteroatoms. The Labute approximate surface area is 244 Å². The molecular weight excluding hydrogens is 574 g/mol. The van der Waals surface area contributed by atoms with Crippen molar-refractivity contribution < 1.29 is 22.3 Å². The molecule has 0 amide bonds. The van der Waals surface area contributed by atoms with Crippen molar-refractivity contribution in [3.63, 3.8) is 0 Å². The van der Waals surface area contributed by atoms with Gasteiger partial charge in [-0.3, -0.25) is 9.88 Å². The molecule has 6 heterocycles. The molecule has 42 heavy (non-hydrogen) atoms. The normalized spacial score (nSPS) is 31.3. The first kappa shape index (κ1) is 26.7. The summed E-state index contributed by atoms with van der Waals surface area (Å²) in [6.07, 6.45) is 5.41. The molecule has 1 spiro atoms. The van der Waals surface area contributed by atoms with Gasteiger partial charge in [0.05, 0.1) is 21.4 Å². The van der Waals surface area contributed by atoms with Gasteiger partial charge in [-0.1, -0.05) is 11.6 Å². The zero-order valence-electron chi connectivity index (χ0n) is 22.8. The van der Waals surface area contributed by atoms with E-state index in [1.807, 2.05) is 0 Å². The number of anilines is 2. The first-order chi connectivity index (χ1) is 20.1. The number of nitrogen functional groups attached to an aromatic ring is 1. The van der Waals surface area contributed by atoms with Gasteiger partial charge in [0.25, 0.3) is 5.92 Å². The van der Waals surface area contributed by atoms with Crippen molar-refractivity contribution in [3.8, 4) is 17.3 Å². The number of nitrogens with two attached hydrogens (primary N) is 1. The van der Waals surface area contributed by atoms with E-state index in [-0.39, 0.29) is 58.6 Å². The summed E-state index contributed by atoms with van der Waals surface area (Å²) >= 11 is 6.00. The number of hydrogen-bond acceptors (Lipinski definition) is 8. The Hall–Kier alpha value is -2.96. The van der Waals surface area contributed by atoms with Gasteiger partial charge in [0.15, 0.2) is 11.6 Å². The molecule has 1 aliphatic carbocycles. The van der Waals surface area contributed by atoms with E-state index >= 15 is 8.78 Å². The van der Waals surface area contributed by atoms with E-state index in [0.717, 1.165) is 32.2 Å². The van der Waals surface area contributed by atoms with Gasteiger partial charge in [-0.2, -0.15) is 9.97 Å². The fraction of sp³-hybridized carbons (Fsp3) is 0.552. The Kier molecular flexibility index (Phi) is 5.73. The molecule has 0 radical (unpaired) electrons. The van der Waals surface area contributed by atoms with Crippen LogP contribution in [0, 0.1) is 17.0 Å². The number of hydrogen-bond donors (Lipinski definition) is 2. The predicted octanol–water partition coefficient (Wildman–Crippen LogP) is 4.79. The van der Waals surface area contributed by atoms with Crippen molar-refractivity contribution in [2.75, 3.05) is 43.4 Å². The van der Waals surface area contributed by atoms with Crippen LogP contribution in [0.15, 0.2) is 18.3 Å². The molecule has 2 aromatic heterocycles. The molecule has 4 saturated heterocycles. The van der Waals surface area contributed by atoms with E-state index in [1.165, 1.54) is 18.3 Å². The SMILES string of the molecule is Nc1cc(Cl)c(F)c(-c2ncc3c(N4C[C@H]5CC[C@@H](C4)N5)nc(OC[C@@]45CCCN4C[C@@]4(CC4(F)F)C5)nc3c2F)c1. The lowest BCUT2D eigenvalue weighted by molar-refractivity contribution is 0.0647. The highest BCUT2D eigenvalue weighted by molar-refractivity contribution is 6.31. The summed E-state index contributed by atoms with van der Waals surface area (Å²) in [6.45, 7) is 2.56. The number of benzene rings is 1. The minimum absolute atomic E-state index is 0.0461. The van der Waals surface area contributed by atoms with Crippen LogP contribution in [0.2, 0.25) is 5.02 Å². The lowest BCUT2D eigenvalue weighted by Gasteiger charge is -2.34. The van der Waals surface area contributed by atoms with Gasteiger partial charge in [-0.25, -0.2) is 17.6 Å². The zero-order valence-corrected chi connectivity index (χ0v) is 23.5. The number of alkyl halides is 2. The molecule has 8 nitrogen and oxygen atoms in total. The topological polar surface area (TPSA) is 92.4 Å². The number of pyridine rings is 1. The molecule has 4 atom stereocenters. The highest BCUT2D eigenvalue weighted by Gasteiger charge is 2.77. The number of halogens is 5. The third-order valence-corrected chi connectivity index (χ3v) is 10.3. The van der Waals surface area contributed by atoms with Crippen LogP contribution < -0.4 is 20.7 Å². The maximum atomic E-state index is 16.3. The van der Waals surface area contributed by atoms with E-state index < -0.39 is 28.5 Å². The average molecular weight is 604 g/mol. The van der Waals surface area contributed by atoms with E-state index in [0.29, 0.717) is 37.3 Å². The summed E-state index contributed by atoms with van der Waals surface area (Å²) in [5.41, 5.74) is 4.00. The summed E-state index contributed by atoms with van der Waals surface area (Å²) < 4.78 is 66.1. The largest absolute Gasteiger partial charge is 0.461 e. The first-order valence-corrected chi connectivity index (χ1v) is 14.8. The summed E-state index contributed by atoms with van der Waals surface area (Å²) in [6, 6.07) is 3.04. The predicted molar refractivity (Wildman–Crippen MR) is 150 cm³/mol. The van der Waals surface area contributed by atoms with Crippen LogP contribution in [0.4, 0.5) is 29.1 Å². The third kappa shape index (κ3) is 3.97. The smallest absolute Gasteiger partial charge is 0.319 e. The van der Waals surface area contributed by atoms with Crippen LogP contribution in [-0.2, 0) is 0 Å². The standard InChI is InChI=1S/C29H30ClF4N7O/c30-20-7-15(35)6-18(21(20)31)23-22(32)24-19(8-36-23)25(40-9-16-2-3-17(10-40)37-16)39-26(38-24)42-14-28-4-1-5-41(28)13-27(11-28)12-29(27,33)34/h6-8,16-17,37H,1-5,9-14,35H2/t16-,17+,27-,28-/m0/s1. The van der Waals surface area contributed by atoms with Crippen LogP contribution in [0.25, 0.3) is 22.2 Å². The minimum Gasteiger partial charge on any atom is -0.461 e. The fourth-order valence-electron chi connectivity index (χ4n) is 7.92. The van der Waals surface area contributed by atoms with Crippen molar-refractivity contribution in [3.05, 3.63) is 35.0 Å². The molecule has 3 N–H and O–H groups in total. The first-order valence-electron chi connectivity index (χ1n) is 14.4. The number of piperazine rings is 1. The number of nitrogens with one attached hydrogen (secondary N) is 1. The van der Waals surface area contributed by atoms with Gasteiger partial charge in [0.1, 0.15) is 23.6 Å². The molecule has 2 bridgehead atoms. The van der Waals surface area contributed by atoms with Gasteiger partial charge in [-0.15, -0.1) is 0 Å². The monoisotopic (exact) mass is 603 g/mol. The maximum Gasteiger partial charge on any atom is 0.319 e. The minimum atomic E-state index is -2.65. The Morgan fingerprint density at radius 1 is 1.10 bits per heavy atom.